The van der Waals surface area contributed by atoms with E-state index in [1.54, 1.807) is 12.5 Å². The second kappa shape index (κ2) is 5.61. The number of alkyl halides is 1. The molecule has 0 fully saturated rings. The summed E-state index contributed by atoms with van der Waals surface area (Å²) in [5.41, 5.74) is 2.79. The first-order valence-corrected chi connectivity index (χ1v) is 6.81. The molecule has 2 heterocycles. The first-order valence-electron chi connectivity index (χ1n) is 6.28. The van der Waals surface area contributed by atoms with Gasteiger partial charge in [0.05, 0.1) is 12.2 Å². The van der Waals surface area contributed by atoms with Gasteiger partial charge in [0.25, 0.3) is 0 Å². The lowest BCUT2D eigenvalue weighted by atomic mass is 10.2. The van der Waals surface area contributed by atoms with Crippen LogP contribution in [0.3, 0.4) is 0 Å². The van der Waals surface area contributed by atoms with Crippen molar-refractivity contribution in [2.24, 2.45) is 0 Å². The van der Waals surface area contributed by atoms with Crippen LogP contribution in [0.1, 0.15) is 34.7 Å². The molecule has 5 heteroatoms. The molecule has 2 rings (SSSR count). The summed E-state index contributed by atoms with van der Waals surface area (Å²) >= 11 is 5.64. The van der Waals surface area contributed by atoms with E-state index in [1.165, 1.54) is 0 Å². The van der Waals surface area contributed by atoms with Crippen LogP contribution in [0.5, 0.6) is 0 Å². The second-order valence-electron chi connectivity index (χ2n) is 4.82. The Morgan fingerprint density at radius 1 is 1.47 bits per heavy atom. The van der Waals surface area contributed by atoms with Crippen LogP contribution in [0, 0.1) is 13.8 Å². The van der Waals surface area contributed by atoms with Gasteiger partial charge in [-0.3, -0.25) is 4.79 Å². The van der Waals surface area contributed by atoms with Crippen molar-refractivity contribution in [1.29, 1.82) is 0 Å². The van der Waals surface area contributed by atoms with E-state index in [0.717, 1.165) is 23.5 Å². The molecule has 0 amide bonds. The summed E-state index contributed by atoms with van der Waals surface area (Å²) in [7, 11) is 0. The standard InChI is InChI=1S/C14H18ClN3O/c1-10-6-13(14(19)7-15)12(3)18(10)11(2)8-17-5-4-16-9-17/h4-6,9,11H,7-8H2,1-3H3. The molecule has 0 radical (unpaired) electrons. The number of aryl methyl sites for hydroxylation is 1. The van der Waals surface area contributed by atoms with Crippen molar-refractivity contribution in [1.82, 2.24) is 14.1 Å². The predicted molar refractivity (Wildman–Crippen MR) is 75.9 cm³/mol. The fourth-order valence-electron chi connectivity index (χ4n) is 2.59. The van der Waals surface area contributed by atoms with Gasteiger partial charge < -0.3 is 9.13 Å². The van der Waals surface area contributed by atoms with Crippen molar-refractivity contribution >= 4 is 17.4 Å². The van der Waals surface area contributed by atoms with Crippen molar-refractivity contribution in [3.05, 3.63) is 41.7 Å². The molecule has 102 valence electrons. The van der Waals surface area contributed by atoms with Gasteiger partial charge in [-0.25, -0.2) is 4.98 Å². The van der Waals surface area contributed by atoms with Gasteiger partial charge in [0, 0.05) is 41.9 Å². The normalized spacial score (nSPS) is 12.6. The molecule has 0 aliphatic carbocycles. The molecule has 0 bridgehead atoms. The molecule has 2 aromatic heterocycles. The molecule has 19 heavy (non-hydrogen) atoms. The van der Waals surface area contributed by atoms with Crippen LogP contribution < -0.4 is 0 Å². The monoisotopic (exact) mass is 279 g/mol. The molecular formula is C14H18ClN3O. The van der Waals surface area contributed by atoms with Crippen molar-refractivity contribution in [2.45, 2.75) is 33.4 Å². The quantitative estimate of drug-likeness (QED) is 0.623. The number of imidazole rings is 1. The zero-order valence-corrected chi connectivity index (χ0v) is 12.2. The van der Waals surface area contributed by atoms with E-state index in [2.05, 4.69) is 16.5 Å². The number of rotatable bonds is 5. The van der Waals surface area contributed by atoms with E-state index >= 15 is 0 Å². The van der Waals surface area contributed by atoms with Crippen LogP contribution in [0.2, 0.25) is 0 Å². The number of carbonyl (C=O) groups excluding carboxylic acids is 1. The van der Waals surface area contributed by atoms with Gasteiger partial charge in [-0.2, -0.15) is 0 Å². The number of nitrogens with zero attached hydrogens (tertiary/aromatic N) is 3. The predicted octanol–water partition coefficient (Wildman–Crippen LogP) is 2.98. The summed E-state index contributed by atoms with van der Waals surface area (Å²) in [6.45, 7) is 6.94. The minimum Gasteiger partial charge on any atom is -0.344 e. The van der Waals surface area contributed by atoms with Crippen LogP contribution >= 0.6 is 11.6 Å². The van der Waals surface area contributed by atoms with E-state index in [-0.39, 0.29) is 17.7 Å². The van der Waals surface area contributed by atoms with Gasteiger partial charge in [0.2, 0.25) is 0 Å². The van der Waals surface area contributed by atoms with Gasteiger partial charge >= 0.3 is 0 Å². The van der Waals surface area contributed by atoms with Crippen molar-refractivity contribution in [2.75, 3.05) is 5.88 Å². The Bertz CT molecular complexity index is 572. The third-order valence-corrected chi connectivity index (χ3v) is 3.62. The maximum atomic E-state index is 11.8. The Morgan fingerprint density at radius 3 is 2.79 bits per heavy atom. The summed E-state index contributed by atoms with van der Waals surface area (Å²) in [5.74, 6) is 0.0102. The maximum Gasteiger partial charge on any atom is 0.179 e. The molecule has 0 spiro atoms. The van der Waals surface area contributed by atoms with Gasteiger partial charge in [-0.15, -0.1) is 11.6 Å². The highest BCUT2D eigenvalue weighted by molar-refractivity contribution is 6.30. The lowest BCUT2D eigenvalue weighted by Crippen LogP contribution is -2.15. The molecule has 0 N–H and O–H groups in total. The molecule has 2 aromatic rings. The number of aromatic nitrogens is 3. The first kappa shape index (κ1) is 13.9. The number of Topliss-reactive ketones (excluding diaryl/α,β-unsaturated/α-hetero) is 1. The topological polar surface area (TPSA) is 39.8 Å². The Kier molecular flexibility index (Phi) is 4.10. The Hall–Kier alpha value is -1.55. The van der Waals surface area contributed by atoms with Crippen LogP contribution in [0.15, 0.2) is 24.8 Å². The van der Waals surface area contributed by atoms with Crippen molar-refractivity contribution < 1.29 is 4.79 Å². The van der Waals surface area contributed by atoms with E-state index in [0.29, 0.717) is 0 Å². The molecule has 0 aliphatic heterocycles. The molecule has 0 saturated carbocycles. The highest BCUT2D eigenvalue weighted by Gasteiger charge is 2.18. The summed E-state index contributed by atoms with van der Waals surface area (Å²) in [4.78, 5) is 15.8. The highest BCUT2D eigenvalue weighted by atomic mass is 35.5. The number of hydrogen-bond donors (Lipinski definition) is 0. The zero-order chi connectivity index (χ0) is 14.0. The van der Waals surface area contributed by atoms with Crippen molar-refractivity contribution in [3.8, 4) is 0 Å². The SMILES string of the molecule is Cc1cc(C(=O)CCl)c(C)n1C(C)Cn1ccnc1. The molecule has 0 saturated heterocycles. The van der Waals surface area contributed by atoms with Gasteiger partial charge in [-0.05, 0) is 26.8 Å². The van der Waals surface area contributed by atoms with Crippen molar-refractivity contribution in [3.63, 3.8) is 0 Å². The second-order valence-corrected chi connectivity index (χ2v) is 5.09. The van der Waals surface area contributed by atoms with E-state index in [9.17, 15) is 4.79 Å². The van der Waals surface area contributed by atoms with Crippen LogP contribution in [-0.2, 0) is 6.54 Å². The first-order chi connectivity index (χ1) is 9.04. The average Bonchev–Trinajstić information content (AvgIpc) is 2.96. The lowest BCUT2D eigenvalue weighted by molar-refractivity contribution is 0.102. The zero-order valence-electron chi connectivity index (χ0n) is 11.4. The summed E-state index contributed by atoms with van der Waals surface area (Å²) in [6.07, 6.45) is 5.51. The maximum absolute atomic E-state index is 11.8. The fourth-order valence-corrected chi connectivity index (χ4v) is 2.74. The largest absolute Gasteiger partial charge is 0.344 e. The molecular weight excluding hydrogens is 262 g/mol. The Balaban J connectivity index is 2.29. The summed E-state index contributed by atoms with van der Waals surface area (Å²) in [5, 5.41) is 0. The molecule has 0 aliphatic rings. The van der Waals surface area contributed by atoms with E-state index in [1.807, 2.05) is 30.7 Å². The van der Waals surface area contributed by atoms with Gasteiger partial charge in [0.15, 0.2) is 5.78 Å². The summed E-state index contributed by atoms with van der Waals surface area (Å²) in [6, 6.07) is 2.18. The molecule has 0 aromatic carbocycles. The van der Waals surface area contributed by atoms with Crippen LogP contribution in [-0.4, -0.2) is 25.8 Å². The smallest absolute Gasteiger partial charge is 0.179 e. The number of halogens is 1. The number of carbonyl (C=O) groups is 1. The molecule has 1 unspecified atom stereocenters. The minimum absolute atomic E-state index is 0.0177. The number of hydrogen-bond acceptors (Lipinski definition) is 2. The highest BCUT2D eigenvalue weighted by Crippen LogP contribution is 2.22. The Morgan fingerprint density at radius 2 is 2.21 bits per heavy atom. The van der Waals surface area contributed by atoms with Crippen LogP contribution in [0.25, 0.3) is 0 Å². The lowest BCUT2D eigenvalue weighted by Gasteiger charge is -2.19. The molecule has 4 nitrogen and oxygen atoms in total. The summed E-state index contributed by atoms with van der Waals surface area (Å²) < 4.78 is 4.21. The number of ketones is 1. The third-order valence-electron chi connectivity index (χ3n) is 3.38. The average molecular weight is 280 g/mol. The van der Waals surface area contributed by atoms with E-state index in [4.69, 9.17) is 11.6 Å². The Labute approximate surface area is 118 Å². The minimum atomic E-state index is -0.0177. The fraction of sp³-hybridized carbons (Fsp3) is 0.429. The van der Waals surface area contributed by atoms with Gasteiger partial charge in [0.1, 0.15) is 0 Å². The van der Waals surface area contributed by atoms with Crippen LogP contribution in [0.4, 0.5) is 0 Å². The third kappa shape index (κ3) is 2.73. The molecule has 1 atom stereocenters. The van der Waals surface area contributed by atoms with E-state index < -0.39 is 0 Å². The van der Waals surface area contributed by atoms with Gasteiger partial charge in [-0.1, -0.05) is 0 Å².